The maximum atomic E-state index is 14.0. The van der Waals surface area contributed by atoms with E-state index in [0.717, 1.165) is 19.2 Å². The molecule has 1 amide bonds. The number of phosphoric acid groups is 3. The van der Waals surface area contributed by atoms with Gasteiger partial charge in [0.05, 0.1) is 13.2 Å². The van der Waals surface area contributed by atoms with Gasteiger partial charge in [-0.25, -0.2) is 32.2 Å². The van der Waals surface area contributed by atoms with Gasteiger partial charge >= 0.3 is 40.9 Å². The van der Waals surface area contributed by atoms with Crippen molar-refractivity contribution in [1.29, 1.82) is 0 Å². The lowest BCUT2D eigenvalue weighted by atomic mass is 9.96. The van der Waals surface area contributed by atoms with Gasteiger partial charge in [0.25, 0.3) is 5.56 Å². The van der Waals surface area contributed by atoms with Gasteiger partial charge < -0.3 is 64.6 Å². The van der Waals surface area contributed by atoms with Crippen molar-refractivity contribution in [2.75, 3.05) is 19.9 Å². The molecule has 2 saturated heterocycles. The minimum absolute atomic E-state index is 0.649. The average Bonchev–Trinajstić information content (AvgIpc) is 3.25. The number of alkyl halides is 1. The molecule has 12 atom stereocenters. The van der Waals surface area contributed by atoms with Crippen molar-refractivity contribution in [2.45, 2.75) is 67.9 Å². The maximum Gasteiger partial charge on any atom is 0.483 e. The summed E-state index contributed by atoms with van der Waals surface area (Å²) in [5.41, 5.74) is -1.90. The van der Waals surface area contributed by atoms with Crippen molar-refractivity contribution in [3.05, 3.63) is 33.1 Å². The third-order valence-electron chi connectivity index (χ3n) is 6.63. The molecular weight excluding hydrogens is 762 g/mol. The Bertz CT molecular complexity index is 1650. The Morgan fingerprint density at radius 1 is 1.04 bits per heavy atom. The van der Waals surface area contributed by atoms with Crippen LogP contribution in [0.25, 0.3) is 0 Å². The summed E-state index contributed by atoms with van der Waals surface area (Å²) >= 11 is 0. The SMILES string of the molecule is CC(=O)N[C@H]1[C@@H](OP(=O)(O)OP(=O)(O)OC[C@H]2O[C@@H](n3ccc(=O)[nH]c3=O)[C@H](O)[C@@H]2O)O[C@H](CO)[C@@H](O)[C@@H]1O[C@@](CF)(OP(=O)(O)O)C(=O)O. The summed E-state index contributed by atoms with van der Waals surface area (Å²) in [5.74, 6) is -7.59. The quantitative estimate of drug-likeness (QED) is 0.0553. The highest BCUT2D eigenvalue weighted by atomic mass is 31.3. The van der Waals surface area contributed by atoms with Crippen molar-refractivity contribution in [2.24, 2.45) is 0 Å². The molecule has 3 heterocycles. The van der Waals surface area contributed by atoms with Gasteiger partial charge in [0, 0.05) is 19.2 Å². The number of aromatic nitrogens is 2. The van der Waals surface area contributed by atoms with Crippen LogP contribution in [0.5, 0.6) is 0 Å². The fourth-order valence-corrected chi connectivity index (χ4v) is 7.24. The number of carbonyl (C=O) groups excluding carboxylic acids is 1. The van der Waals surface area contributed by atoms with Crippen molar-refractivity contribution in [3.63, 3.8) is 0 Å². The van der Waals surface area contributed by atoms with E-state index in [0.29, 0.717) is 4.57 Å². The number of carboxylic acid groups (broad SMARTS) is 1. The number of hydrogen-bond acceptors (Lipinski definition) is 18. The lowest BCUT2D eigenvalue weighted by Gasteiger charge is -2.46. The number of phosphoric ester groups is 3. The van der Waals surface area contributed by atoms with Crippen LogP contribution in [0.4, 0.5) is 4.39 Å². The molecule has 0 saturated carbocycles. The fraction of sp³-hybridized carbons (Fsp3) is 0.700. The summed E-state index contributed by atoms with van der Waals surface area (Å²) in [6.45, 7) is -4.05. The number of aliphatic carboxylic acids is 1. The fourth-order valence-electron chi connectivity index (χ4n) is 4.52. The van der Waals surface area contributed by atoms with E-state index in [1.165, 1.54) is 0 Å². The number of H-pyrrole nitrogens is 1. The Balaban J connectivity index is 1.81. The number of hydrogen-bond donors (Lipinski definition) is 11. The summed E-state index contributed by atoms with van der Waals surface area (Å²) in [4.78, 5) is 87.6. The van der Waals surface area contributed by atoms with E-state index in [9.17, 15) is 72.6 Å². The van der Waals surface area contributed by atoms with E-state index in [4.69, 9.17) is 24.0 Å². The van der Waals surface area contributed by atoms with E-state index >= 15 is 0 Å². The van der Waals surface area contributed by atoms with Gasteiger partial charge in [-0.1, -0.05) is 0 Å². The van der Waals surface area contributed by atoms with Crippen molar-refractivity contribution in [1.82, 2.24) is 14.9 Å². The highest BCUT2D eigenvalue weighted by Crippen LogP contribution is 2.61. The molecule has 0 aromatic carbocycles. The summed E-state index contributed by atoms with van der Waals surface area (Å²) in [6.07, 6.45) is -15.8. The molecule has 2 aliphatic heterocycles. The van der Waals surface area contributed by atoms with Crippen LogP contribution >= 0.6 is 23.5 Å². The first-order valence-corrected chi connectivity index (χ1v) is 17.9. The summed E-state index contributed by atoms with van der Waals surface area (Å²) in [6, 6.07) is -1.41. The van der Waals surface area contributed by atoms with E-state index in [-0.39, 0.29) is 0 Å². The molecule has 0 spiro atoms. The van der Waals surface area contributed by atoms with Crippen LogP contribution in [0.2, 0.25) is 0 Å². The summed E-state index contributed by atoms with van der Waals surface area (Å²) in [7, 11) is -17.7. The van der Waals surface area contributed by atoms with Gasteiger partial charge in [0.1, 0.15) is 42.7 Å². The van der Waals surface area contributed by atoms with Gasteiger partial charge in [0.2, 0.25) is 5.91 Å². The van der Waals surface area contributed by atoms with Gasteiger partial charge in [-0.15, -0.1) is 0 Å². The Morgan fingerprint density at radius 3 is 2.20 bits per heavy atom. The van der Waals surface area contributed by atoms with Crippen LogP contribution in [0.1, 0.15) is 13.2 Å². The first-order valence-electron chi connectivity index (χ1n) is 13.4. The zero-order valence-electron chi connectivity index (χ0n) is 24.9. The molecule has 3 rings (SSSR count). The van der Waals surface area contributed by atoms with Gasteiger partial charge in [-0.3, -0.25) is 28.2 Å². The highest BCUT2D eigenvalue weighted by Gasteiger charge is 2.57. The van der Waals surface area contributed by atoms with Crippen molar-refractivity contribution < 1.29 is 105 Å². The predicted octanol–water partition coefficient (Wildman–Crippen LogP) is -4.77. The molecule has 2 aliphatic rings. The van der Waals surface area contributed by atoms with Gasteiger partial charge in [0.15, 0.2) is 19.2 Å². The number of aliphatic hydroxyl groups excluding tert-OH is 4. The normalized spacial score (nSPS) is 32.4. The molecule has 11 N–H and O–H groups in total. The van der Waals surface area contributed by atoms with Crippen LogP contribution < -0.4 is 16.6 Å². The second-order valence-electron chi connectivity index (χ2n) is 10.3. The van der Waals surface area contributed by atoms with Gasteiger partial charge in [-0.05, 0) is 0 Å². The minimum atomic E-state index is -6.03. The molecule has 26 nitrogen and oxygen atoms in total. The number of rotatable bonds is 16. The van der Waals surface area contributed by atoms with E-state index in [1.54, 1.807) is 0 Å². The second kappa shape index (κ2) is 16.1. The number of nitrogens with one attached hydrogen (secondary N) is 2. The van der Waals surface area contributed by atoms with Crippen molar-refractivity contribution >= 4 is 35.3 Å². The standard InChI is InChI=1S/C20H31FN3O23P3/c1-7(26)22-11-15(44-20(6-21,18(31)32)46-48(34,35)36)13(29)8(4-25)43-17(11)45-50(39,40)47-49(37,38)41-5-9-12(28)14(30)16(42-9)24-3-2-10(27)23-19(24)33/h2-3,8-9,11-17,25,28-30H,4-6H2,1H3,(H,22,26)(H,31,32)(H,37,38)(H,39,40)(H,23,27,33)(H2,34,35,36)/t8-,9-,11-,12-,13-,14-,15-,16-,17-,20+/m1/s1. The number of amides is 1. The monoisotopic (exact) mass is 793 g/mol. The number of aliphatic hydroxyl groups is 4. The minimum Gasteiger partial charge on any atom is -0.477 e. The van der Waals surface area contributed by atoms with E-state index < -0.39 is 127 Å². The molecule has 1 aromatic heterocycles. The molecule has 0 aliphatic carbocycles. The molecule has 0 bridgehead atoms. The Kier molecular flexibility index (Phi) is 13.6. The zero-order valence-corrected chi connectivity index (χ0v) is 27.6. The van der Waals surface area contributed by atoms with E-state index in [2.05, 4.69) is 17.9 Å². The Labute approximate surface area is 276 Å². The summed E-state index contributed by atoms with van der Waals surface area (Å²) in [5, 5.41) is 52.2. The molecule has 1 aromatic rings. The first kappa shape index (κ1) is 42.1. The van der Waals surface area contributed by atoms with E-state index in [1.807, 2.05) is 10.3 Å². The lowest BCUT2D eigenvalue weighted by Crippen LogP contribution is -2.67. The number of ether oxygens (including phenoxy) is 3. The molecule has 2 fully saturated rings. The predicted molar refractivity (Wildman–Crippen MR) is 149 cm³/mol. The average molecular weight is 793 g/mol. The smallest absolute Gasteiger partial charge is 0.477 e. The summed E-state index contributed by atoms with van der Waals surface area (Å²) < 4.78 is 84.0. The third kappa shape index (κ3) is 10.4. The molecule has 0 radical (unpaired) electrons. The molecule has 286 valence electrons. The topological polar surface area (TPSA) is 399 Å². The van der Waals surface area contributed by atoms with Crippen LogP contribution in [0.15, 0.2) is 21.9 Å². The first-order chi connectivity index (χ1) is 22.9. The van der Waals surface area contributed by atoms with Crippen LogP contribution in [-0.2, 0) is 55.4 Å². The zero-order chi connectivity index (χ0) is 38.0. The van der Waals surface area contributed by atoms with Crippen molar-refractivity contribution in [3.8, 4) is 0 Å². The van der Waals surface area contributed by atoms with Gasteiger partial charge in [-0.2, -0.15) is 4.31 Å². The Hall–Kier alpha value is -2.36. The highest BCUT2D eigenvalue weighted by molar-refractivity contribution is 7.61. The number of carboxylic acids is 1. The van der Waals surface area contributed by atoms with Crippen LogP contribution in [0, 0.1) is 0 Å². The third-order valence-corrected chi connectivity index (χ3v) is 9.76. The number of nitrogens with zero attached hydrogens (tertiary/aromatic N) is 1. The molecule has 30 heteroatoms. The largest absolute Gasteiger partial charge is 0.483 e. The van der Waals surface area contributed by atoms with Crippen LogP contribution in [0.3, 0.4) is 0 Å². The molecule has 2 unspecified atom stereocenters. The number of carbonyl (C=O) groups is 2. The lowest BCUT2D eigenvalue weighted by molar-refractivity contribution is -0.303. The Morgan fingerprint density at radius 2 is 1.68 bits per heavy atom. The number of aromatic amines is 1. The maximum absolute atomic E-state index is 14.0. The number of halogens is 1. The second-order valence-corrected chi connectivity index (χ2v) is 14.4. The molecule has 50 heavy (non-hydrogen) atoms. The molecular formula is C20H31FN3O23P3. The van der Waals surface area contributed by atoms with Crippen LogP contribution in [-0.4, -0.2) is 141 Å².